The third-order valence-electron chi connectivity index (χ3n) is 5.39. The number of nitrogens with zero attached hydrogens (tertiary/aromatic N) is 1. The van der Waals surface area contributed by atoms with Crippen molar-refractivity contribution in [3.05, 3.63) is 48.8 Å². The van der Waals surface area contributed by atoms with Gasteiger partial charge in [-0.25, -0.2) is 0 Å². The van der Waals surface area contributed by atoms with Crippen molar-refractivity contribution in [2.75, 3.05) is 0 Å². The molecule has 1 N–H and O–H groups in total. The Morgan fingerprint density at radius 2 is 1.69 bits per heavy atom. The molecule has 0 saturated carbocycles. The van der Waals surface area contributed by atoms with Crippen LogP contribution in [0.1, 0.15) is 27.7 Å². The van der Waals surface area contributed by atoms with E-state index >= 15 is 0 Å². The normalized spacial score (nSPS) is 13.0. The van der Waals surface area contributed by atoms with Gasteiger partial charge in [0, 0.05) is 17.0 Å². The number of furan rings is 1. The summed E-state index contributed by atoms with van der Waals surface area (Å²) in [6.45, 7) is 7.29. The van der Waals surface area contributed by atoms with E-state index in [1.165, 1.54) is 5.39 Å². The highest BCUT2D eigenvalue weighted by atomic mass is 16.5. The number of benzene rings is 2. The van der Waals surface area contributed by atoms with Crippen molar-refractivity contribution in [2.24, 2.45) is 0 Å². The van der Waals surface area contributed by atoms with Crippen molar-refractivity contribution in [2.45, 2.75) is 38.9 Å². The Morgan fingerprint density at radius 1 is 1.00 bits per heavy atom. The Bertz CT molecular complexity index is 1110. The zero-order chi connectivity index (χ0) is 18.5. The predicted octanol–water partition coefficient (Wildman–Crippen LogP) is 3.68. The molecule has 0 aliphatic heterocycles. The highest BCUT2D eigenvalue weighted by Gasteiger charge is 2.35. The van der Waals surface area contributed by atoms with E-state index in [4.69, 9.17) is 9.07 Å². The molecular formula is C21H22BNO3. The molecule has 0 saturated heterocycles. The van der Waals surface area contributed by atoms with Crippen molar-refractivity contribution >= 4 is 45.7 Å². The van der Waals surface area contributed by atoms with Gasteiger partial charge in [0.2, 0.25) is 0 Å². The molecule has 0 fully saturated rings. The molecule has 0 bridgehead atoms. The Morgan fingerprint density at radius 3 is 2.38 bits per heavy atom. The first-order valence-corrected chi connectivity index (χ1v) is 8.80. The van der Waals surface area contributed by atoms with Crippen LogP contribution >= 0.6 is 0 Å². The van der Waals surface area contributed by atoms with E-state index < -0.39 is 11.2 Å². The number of fused-ring (bicyclic) bond motifs is 4. The molecule has 0 aliphatic carbocycles. The summed E-state index contributed by atoms with van der Waals surface area (Å²) in [6.07, 6.45) is 3.55. The highest BCUT2D eigenvalue weighted by molar-refractivity contribution is 6.52. The van der Waals surface area contributed by atoms with Gasteiger partial charge in [0.15, 0.2) is 5.58 Å². The van der Waals surface area contributed by atoms with Gasteiger partial charge in [-0.15, -0.1) is 0 Å². The molecule has 26 heavy (non-hydrogen) atoms. The van der Waals surface area contributed by atoms with Gasteiger partial charge in [-0.2, -0.15) is 0 Å². The highest BCUT2D eigenvalue weighted by Crippen LogP contribution is 2.31. The molecule has 4 rings (SSSR count). The van der Waals surface area contributed by atoms with Crippen LogP contribution in [0.3, 0.4) is 0 Å². The first-order chi connectivity index (χ1) is 12.3. The fourth-order valence-electron chi connectivity index (χ4n) is 3.03. The maximum atomic E-state index is 10.3. The minimum atomic E-state index is -0.955. The largest absolute Gasteiger partial charge is 0.454 e. The van der Waals surface area contributed by atoms with Crippen molar-refractivity contribution in [3.63, 3.8) is 0 Å². The predicted molar refractivity (Wildman–Crippen MR) is 107 cm³/mol. The van der Waals surface area contributed by atoms with Crippen LogP contribution in [-0.4, -0.2) is 28.8 Å². The lowest BCUT2D eigenvalue weighted by Crippen LogP contribution is -2.49. The van der Waals surface area contributed by atoms with Crippen LogP contribution in [0.5, 0.6) is 0 Å². The topological polar surface area (TPSA) is 55.5 Å². The van der Waals surface area contributed by atoms with Crippen molar-refractivity contribution in [1.82, 2.24) is 4.98 Å². The number of rotatable bonds is 4. The first kappa shape index (κ1) is 17.1. The van der Waals surface area contributed by atoms with Gasteiger partial charge < -0.3 is 14.2 Å². The third-order valence-corrected chi connectivity index (χ3v) is 5.39. The van der Waals surface area contributed by atoms with Gasteiger partial charge in [0.25, 0.3) is 0 Å². The minimum absolute atomic E-state index is 0.350. The molecule has 4 nitrogen and oxygen atoms in total. The maximum absolute atomic E-state index is 10.3. The van der Waals surface area contributed by atoms with E-state index in [2.05, 4.69) is 29.2 Å². The first-order valence-electron chi connectivity index (χ1n) is 8.80. The zero-order valence-corrected chi connectivity index (χ0v) is 15.5. The molecule has 5 heteroatoms. The summed E-state index contributed by atoms with van der Waals surface area (Å²) in [5, 5.41) is 14.7. The van der Waals surface area contributed by atoms with Crippen LogP contribution in [0.15, 0.2) is 53.2 Å². The Hall–Kier alpha value is -2.37. The molecule has 2 heterocycles. The summed E-state index contributed by atoms with van der Waals surface area (Å²) in [5.74, 6) is 0. The van der Waals surface area contributed by atoms with Crippen LogP contribution < -0.4 is 5.46 Å². The molecule has 0 unspecified atom stereocenters. The second-order valence-electron chi connectivity index (χ2n) is 7.83. The lowest BCUT2D eigenvalue weighted by Gasteiger charge is -2.37. The van der Waals surface area contributed by atoms with Gasteiger partial charge in [0.1, 0.15) is 5.58 Å². The van der Waals surface area contributed by atoms with Gasteiger partial charge in [-0.3, -0.25) is 4.98 Å². The van der Waals surface area contributed by atoms with Crippen LogP contribution in [0.4, 0.5) is 0 Å². The van der Waals surface area contributed by atoms with Gasteiger partial charge in [-0.1, -0.05) is 24.3 Å². The lowest BCUT2D eigenvalue weighted by molar-refractivity contribution is -0.0893. The van der Waals surface area contributed by atoms with Crippen LogP contribution in [0, 0.1) is 0 Å². The van der Waals surface area contributed by atoms with Crippen LogP contribution in [-0.2, 0) is 4.65 Å². The Labute approximate surface area is 153 Å². The summed E-state index contributed by atoms with van der Waals surface area (Å²) in [4.78, 5) is 4.30. The third kappa shape index (κ3) is 2.77. The summed E-state index contributed by atoms with van der Waals surface area (Å²) in [7, 11) is 0.350. The van der Waals surface area contributed by atoms with Crippen LogP contribution in [0.2, 0.25) is 0 Å². The molecule has 0 spiro atoms. The second-order valence-corrected chi connectivity index (χ2v) is 7.83. The quantitative estimate of drug-likeness (QED) is 0.572. The smallest absolute Gasteiger partial charge is 0.311 e. The molecular weight excluding hydrogens is 325 g/mol. The SMILES string of the molecule is CC(C)(O)C(C)(C)OBc1cncc2oc3cc4ccccc4cc3c12. The van der Waals surface area contributed by atoms with E-state index in [0.717, 1.165) is 32.8 Å². The average molecular weight is 347 g/mol. The standard InChI is InChI=1S/C21H22BNO3/c1-20(2,24)21(3,4)26-22-16-11-23-12-18-19(16)15-9-13-7-5-6-8-14(13)10-17(15)25-18/h5-12,22,24H,1-4H3. The Balaban J connectivity index is 1.84. The van der Waals surface area contributed by atoms with Gasteiger partial charge >= 0.3 is 7.48 Å². The molecule has 2 aromatic carbocycles. The number of aliphatic hydroxyl groups is 1. The molecule has 0 radical (unpaired) electrons. The fraction of sp³-hybridized carbons (Fsp3) is 0.286. The van der Waals surface area contributed by atoms with Crippen molar-refractivity contribution < 1.29 is 14.2 Å². The summed E-state index contributed by atoms with van der Waals surface area (Å²) in [6, 6.07) is 12.5. The molecule has 4 aromatic rings. The number of pyridine rings is 1. The monoisotopic (exact) mass is 347 g/mol. The van der Waals surface area contributed by atoms with Crippen molar-refractivity contribution in [3.8, 4) is 0 Å². The van der Waals surface area contributed by atoms with E-state index in [9.17, 15) is 5.11 Å². The molecule has 0 atom stereocenters. The van der Waals surface area contributed by atoms with Crippen LogP contribution in [0.25, 0.3) is 32.7 Å². The maximum Gasteiger partial charge on any atom is 0.311 e. The molecule has 132 valence electrons. The average Bonchev–Trinajstić information content (AvgIpc) is 2.95. The summed E-state index contributed by atoms with van der Waals surface area (Å²) < 4.78 is 12.1. The summed E-state index contributed by atoms with van der Waals surface area (Å²) >= 11 is 0. The molecule has 2 aromatic heterocycles. The van der Waals surface area contributed by atoms with Crippen molar-refractivity contribution in [1.29, 1.82) is 0 Å². The van der Waals surface area contributed by atoms with E-state index in [1.807, 2.05) is 32.2 Å². The summed E-state index contributed by atoms with van der Waals surface area (Å²) in [5.41, 5.74) is 0.894. The van der Waals surface area contributed by atoms with E-state index in [1.54, 1.807) is 20.0 Å². The number of hydrogen-bond donors (Lipinski definition) is 1. The fourth-order valence-corrected chi connectivity index (χ4v) is 3.03. The second kappa shape index (κ2) is 5.83. The molecule has 0 amide bonds. The minimum Gasteiger partial charge on any atom is -0.454 e. The zero-order valence-electron chi connectivity index (χ0n) is 15.5. The lowest BCUT2D eigenvalue weighted by atomic mass is 9.81. The van der Waals surface area contributed by atoms with E-state index in [-0.39, 0.29) is 0 Å². The number of hydrogen-bond acceptors (Lipinski definition) is 4. The number of aromatic nitrogens is 1. The van der Waals surface area contributed by atoms with E-state index in [0.29, 0.717) is 7.48 Å². The van der Waals surface area contributed by atoms with Gasteiger partial charge in [0.05, 0.1) is 17.4 Å². The van der Waals surface area contributed by atoms with Gasteiger partial charge in [-0.05, 0) is 56.1 Å². The Kier molecular flexibility index (Phi) is 3.83. The molecule has 0 aliphatic rings.